The fourth-order valence-corrected chi connectivity index (χ4v) is 2.45. The van der Waals surface area contributed by atoms with Gasteiger partial charge in [-0.2, -0.15) is 0 Å². The molecule has 1 saturated carbocycles. The highest BCUT2D eigenvalue weighted by Crippen LogP contribution is 2.27. The lowest BCUT2D eigenvalue weighted by molar-refractivity contribution is -0.117. The normalized spacial score (nSPS) is 14.7. The van der Waals surface area contributed by atoms with Crippen LogP contribution >= 0.6 is 0 Å². The van der Waals surface area contributed by atoms with E-state index in [-0.39, 0.29) is 5.91 Å². The molecule has 0 spiro atoms. The van der Waals surface area contributed by atoms with Gasteiger partial charge in [-0.1, -0.05) is 32.0 Å². The van der Waals surface area contributed by atoms with Gasteiger partial charge in [0.25, 0.3) is 0 Å². The van der Waals surface area contributed by atoms with Crippen molar-refractivity contribution in [3.8, 4) is 0 Å². The van der Waals surface area contributed by atoms with Crippen LogP contribution in [0.15, 0.2) is 24.3 Å². The molecule has 4 nitrogen and oxygen atoms in total. The summed E-state index contributed by atoms with van der Waals surface area (Å²) in [6.45, 7) is 6.38. The van der Waals surface area contributed by atoms with Gasteiger partial charge < -0.3 is 11.1 Å². The molecule has 1 aliphatic rings. The second kappa shape index (κ2) is 7.57. The Kier molecular flexibility index (Phi) is 5.76. The zero-order valence-electron chi connectivity index (χ0n) is 13.1. The van der Waals surface area contributed by atoms with E-state index in [1.807, 2.05) is 24.3 Å². The van der Waals surface area contributed by atoms with Crippen molar-refractivity contribution in [1.82, 2.24) is 4.90 Å². The number of carbonyl (C=O) groups excluding carboxylic acids is 1. The molecule has 0 heterocycles. The van der Waals surface area contributed by atoms with Crippen molar-refractivity contribution < 1.29 is 4.79 Å². The summed E-state index contributed by atoms with van der Waals surface area (Å²) in [5.41, 5.74) is 7.52. The summed E-state index contributed by atoms with van der Waals surface area (Å²) in [6, 6.07) is 8.34. The van der Waals surface area contributed by atoms with Gasteiger partial charge in [-0.05, 0) is 43.4 Å². The number of nitrogens with one attached hydrogen (secondary N) is 1. The standard InChI is InChI=1S/C17H27N3O/c1-13(2)9-10-20(15-7-8-15)12-17(21)19-16-6-4-3-5-14(16)11-18/h3-6,13,15H,7-12,18H2,1-2H3,(H,19,21). The molecule has 2 rings (SSSR count). The van der Waals surface area contributed by atoms with Gasteiger partial charge in [0.05, 0.1) is 6.54 Å². The van der Waals surface area contributed by atoms with Crippen LogP contribution in [0.5, 0.6) is 0 Å². The predicted octanol–water partition coefficient (Wildman–Crippen LogP) is 2.59. The van der Waals surface area contributed by atoms with Crippen LogP contribution in [-0.4, -0.2) is 29.9 Å². The molecule has 4 heteroatoms. The molecule has 1 amide bonds. The first-order valence-electron chi connectivity index (χ1n) is 7.92. The third-order valence-corrected chi connectivity index (χ3v) is 3.91. The highest BCUT2D eigenvalue weighted by Gasteiger charge is 2.30. The second-order valence-electron chi connectivity index (χ2n) is 6.29. The molecule has 0 aromatic heterocycles. The monoisotopic (exact) mass is 289 g/mol. The molecule has 0 atom stereocenters. The molecular formula is C17H27N3O. The molecule has 3 N–H and O–H groups in total. The fourth-order valence-electron chi connectivity index (χ4n) is 2.45. The molecule has 0 bridgehead atoms. The van der Waals surface area contributed by atoms with E-state index in [0.717, 1.165) is 24.2 Å². The van der Waals surface area contributed by atoms with E-state index in [1.54, 1.807) is 0 Å². The Bertz CT molecular complexity index is 469. The zero-order chi connectivity index (χ0) is 15.2. The molecule has 21 heavy (non-hydrogen) atoms. The number of amides is 1. The van der Waals surface area contributed by atoms with Crippen molar-refractivity contribution >= 4 is 11.6 Å². The molecule has 116 valence electrons. The van der Waals surface area contributed by atoms with Crippen LogP contribution in [0.1, 0.15) is 38.7 Å². The van der Waals surface area contributed by atoms with Crippen LogP contribution in [0.3, 0.4) is 0 Å². The van der Waals surface area contributed by atoms with Crippen LogP contribution in [0.25, 0.3) is 0 Å². The molecule has 0 aliphatic heterocycles. The summed E-state index contributed by atoms with van der Waals surface area (Å²) in [4.78, 5) is 14.6. The van der Waals surface area contributed by atoms with E-state index in [2.05, 4.69) is 24.1 Å². The molecule has 1 aliphatic carbocycles. The summed E-state index contributed by atoms with van der Waals surface area (Å²) in [5, 5.41) is 3.00. The molecule has 1 aromatic carbocycles. The van der Waals surface area contributed by atoms with Crippen molar-refractivity contribution in [2.24, 2.45) is 11.7 Å². The first-order valence-corrected chi connectivity index (χ1v) is 7.92. The maximum atomic E-state index is 12.3. The maximum Gasteiger partial charge on any atom is 0.238 e. The van der Waals surface area contributed by atoms with Crippen molar-refractivity contribution in [1.29, 1.82) is 0 Å². The third kappa shape index (κ3) is 5.14. The Morgan fingerprint density at radius 2 is 2.10 bits per heavy atom. The Morgan fingerprint density at radius 3 is 2.71 bits per heavy atom. The Labute approximate surface area is 127 Å². The summed E-state index contributed by atoms with van der Waals surface area (Å²) in [6.07, 6.45) is 3.60. The van der Waals surface area contributed by atoms with Crippen LogP contribution in [0, 0.1) is 5.92 Å². The van der Waals surface area contributed by atoms with E-state index in [1.165, 1.54) is 12.8 Å². The smallest absolute Gasteiger partial charge is 0.238 e. The van der Waals surface area contributed by atoms with Crippen molar-refractivity contribution in [2.45, 2.75) is 45.7 Å². The van der Waals surface area contributed by atoms with Gasteiger partial charge in [0.15, 0.2) is 0 Å². The van der Waals surface area contributed by atoms with Crippen molar-refractivity contribution in [3.63, 3.8) is 0 Å². The summed E-state index contributed by atoms with van der Waals surface area (Å²) in [7, 11) is 0. The highest BCUT2D eigenvalue weighted by atomic mass is 16.2. The van der Waals surface area contributed by atoms with E-state index in [4.69, 9.17) is 5.73 Å². The van der Waals surface area contributed by atoms with Crippen LogP contribution in [0.4, 0.5) is 5.69 Å². The Hall–Kier alpha value is -1.39. The summed E-state index contributed by atoms with van der Waals surface area (Å²) in [5.74, 6) is 0.735. The summed E-state index contributed by atoms with van der Waals surface area (Å²) < 4.78 is 0. The number of para-hydroxylation sites is 1. The SMILES string of the molecule is CC(C)CCN(CC(=O)Nc1ccccc1CN)C1CC1. The molecular weight excluding hydrogens is 262 g/mol. The van der Waals surface area contributed by atoms with Gasteiger partial charge in [-0.3, -0.25) is 9.69 Å². The number of carbonyl (C=O) groups is 1. The fraction of sp³-hybridized carbons (Fsp3) is 0.588. The zero-order valence-corrected chi connectivity index (χ0v) is 13.1. The van der Waals surface area contributed by atoms with Gasteiger partial charge >= 0.3 is 0 Å². The lowest BCUT2D eigenvalue weighted by atomic mass is 10.1. The largest absolute Gasteiger partial charge is 0.326 e. The lowest BCUT2D eigenvalue weighted by Gasteiger charge is -2.22. The van der Waals surface area contributed by atoms with E-state index in [0.29, 0.717) is 25.0 Å². The lowest BCUT2D eigenvalue weighted by Crippen LogP contribution is -2.36. The quantitative estimate of drug-likeness (QED) is 0.773. The molecule has 0 radical (unpaired) electrons. The molecule has 1 fully saturated rings. The van der Waals surface area contributed by atoms with Gasteiger partial charge in [0, 0.05) is 18.3 Å². The first kappa shape index (κ1) is 16.0. The van der Waals surface area contributed by atoms with E-state index >= 15 is 0 Å². The predicted molar refractivity (Wildman–Crippen MR) is 87.0 cm³/mol. The van der Waals surface area contributed by atoms with Crippen LogP contribution < -0.4 is 11.1 Å². The first-order chi connectivity index (χ1) is 10.1. The van der Waals surface area contributed by atoms with Gasteiger partial charge in [-0.25, -0.2) is 0 Å². The van der Waals surface area contributed by atoms with Crippen molar-refractivity contribution in [2.75, 3.05) is 18.4 Å². The number of nitrogens with zero attached hydrogens (tertiary/aromatic N) is 1. The van der Waals surface area contributed by atoms with Gasteiger partial charge in [0.2, 0.25) is 5.91 Å². The van der Waals surface area contributed by atoms with Gasteiger partial charge in [-0.15, -0.1) is 0 Å². The minimum atomic E-state index is 0.0616. The number of hydrogen-bond acceptors (Lipinski definition) is 3. The topological polar surface area (TPSA) is 58.4 Å². The van der Waals surface area contributed by atoms with Crippen LogP contribution in [-0.2, 0) is 11.3 Å². The average Bonchev–Trinajstić information content (AvgIpc) is 3.28. The highest BCUT2D eigenvalue weighted by molar-refractivity contribution is 5.93. The molecule has 0 unspecified atom stereocenters. The number of anilines is 1. The van der Waals surface area contributed by atoms with Crippen molar-refractivity contribution in [3.05, 3.63) is 29.8 Å². The van der Waals surface area contributed by atoms with E-state index < -0.39 is 0 Å². The number of nitrogens with two attached hydrogens (primary N) is 1. The van der Waals surface area contributed by atoms with Crippen LogP contribution in [0.2, 0.25) is 0 Å². The number of rotatable bonds is 8. The summed E-state index contributed by atoms with van der Waals surface area (Å²) >= 11 is 0. The minimum Gasteiger partial charge on any atom is -0.326 e. The molecule has 1 aromatic rings. The minimum absolute atomic E-state index is 0.0616. The third-order valence-electron chi connectivity index (χ3n) is 3.91. The second-order valence-corrected chi connectivity index (χ2v) is 6.29. The number of benzene rings is 1. The molecule has 0 saturated heterocycles. The average molecular weight is 289 g/mol. The maximum absolute atomic E-state index is 12.3. The number of hydrogen-bond donors (Lipinski definition) is 2. The Morgan fingerprint density at radius 1 is 1.38 bits per heavy atom. The Balaban J connectivity index is 1.89. The van der Waals surface area contributed by atoms with E-state index in [9.17, 15) is 4.79 Å². The van der Waals surface area contributed by atoms with Gasteiger partial charge in [0.1, 0.15) is 0 Å².